The summed E-state index contributed by atoms with van der Waals surface area (Å²) in [5.74, 6) is 0. The van der Waals surface area contributed by atoms with Gasteiger partial charge >= 0.3 is 6.03 Å². The summed E-state index contributed by atoms with van der Waals surface area (Å²) in [6, 6.07) is 23.6. The lowest BCUT2D eigenvalue weighted by molar-refractivity contribution is 0.259. The zero-order valence-electron chi connectivity index (χ0n) is 13.2. The number of aryl methyl sites for hydroxylation is 1. The van der Waals surface area contributed by atoms with Gasteiger partial charge in [-0.25, -0.2) is 4.79 Å². The molecule has 24 heavy (non-hydrogen) atoms. The van der Waals surface area contributed by atoms with E-state index in [0.717, 1.165) is 32.4 Å². The van der Waals surface area contributed by atoms with E-state index in [1.165, 1.54) is 0 Å². The Morgan fingerprint density at radius 2 is 1.50 bits per heavy atom. The molecule has 1 N–H and O–H groups in total. The van der Waals surface area contributed by atoms with Gasteiger partial charge < -0.3 is 5.32 Å². The number of fused-ring (bicyclic) bond motifs is 2. The SMILES string of the molecule is Cc1cccc(NC(=O)N2c3ccccc3Sc3ccccc32)c1. The largest absolute Gasteiger partial charge is 0.331 e. The van der Waals surface area contributed by atoms with Gasteiger partial charge in [0.2, 0.25) is 0 Å². The summed E-state index contributed by atoms with van der Waals surface area (Å²) >= 11 is 1.69. The van der Waals surface area contributed by atoms with E-state index < -0.39 is 0 Å². The molecule has 4 heteroatoms. The van der Waals surface area contributed by atoms with Crippen molar-refractivity contribution in [2.45, 2.75) is 16.7 Å². The summed E-state index contributed by atoms with van der Waals surface area (Å²) in [5, 5.41) is 3.01. The third kappa shape index (κ3) is 2.65. The zero-order valence-corrected chi connectivity index (χ0v) is 14.0. The van der Waals surface area contributed by atoms with Crippen LogP contribution in [0.2, 0.25) is 0 Å². The van der Waals surface area contributed by atoms with Gasteiger partial charge in [-0.05, 0) is 48.9 Å². The molecule has 3 aromatic carbocycles. The molecule has 2 amide bonds. The predicted octanol–water partition coefficient (Wildman–Crippen LogP) is 5.83. The normalized spacial score (nSPS) is 12.3. The summed E-state index contributed by atoms with van der Waals surface area (Å²) in [6.45, 7) is 2.01. The Kier molecular flexibility index (Phi) is 3.75. The van der Waals surface area contributed by atoms with E-state index in [0.29, 0.717) is 0 Å². The van der Waals surface area contributed by atoms with Gasteiger partial charge in [0.05, 0.1) is 11.4 Å². The fourth-order valence-corrected chi connectivity index (χ4v) is 3.88. The van der Waals surface area contributed by atoms with Crippen molar-refractivity contribution in [1.29, 1.82) is 0 Å². The van der Waals surface area contributed by atoms with E-state index >= 15 is 0 Å². The van der Waals surface area contributed by atoms with Crippen LogP contribution in [0.5, 0.6) is 0 Å². The first kappa shape index (κ1) is 14.8. The van der Waals surface area contributed by atoms with Crippen LogP contribution in [0.3, 0.4) is 0 Å². The van der Waals surface area contributed by atoms with Crippen molar-refractivity contribution in [3.8, 4) is 0 Å². The number of anilines is 3. The van der Waals surface area contributed by atoms with Crippen molar-refractivity contribution >= 4 is 34.9 Å². The van der Waals surface area contributed by atoms with Gasteiger partial charge in [-0.3, -0.25) is 4.90 Å². The lowest BCUT2D eigenvalue weighted by Gasteiger charge is -2.31. The highest BCUT2D eigenvalue weighted by atomic mass is 32.2. The Morgan fingerprint density at radius 3 is 2.12 bits per heavy atom. The molecular weight excluding hydrogens is 316 g/mol. The quantitative estimate of drug-likeness (QED) is 0.608. The molecule has 0 saturated heterocycles. The molecule has 0 saturated carbocycles. The topological polar surface area (TPSA) is 32.3 Å². The lowest BCUT2D eigenvalue weighted by atomic mass is 10.2. The highest BCUT2D eigenvalue weighted by molar-refractivity contribution is 7.99. The van der Waals surface area contributed by atoms with Crippen LogP contribution < -0.4 is 10.2 Å². The second kappa shape index (κ2) is 6.06. The van der Waals surface area contributed by atoms with Crippen LogP contribution in [-0.4, -0.2) is 6.03 Å². The maximum atomic E-state index is 13.0. The average molecular weight is 332 g/mol. The van der Waals surface area contributed by atoms with Crippen molar-refractivity contribution in [3.05, 3.63) is 78.4 Å². The second-order valence-electron chi connectivity index (χ2n) is 5.67. The van der Waals surface area contributed by atoms with Crippen LogP contribution in [-0.2, 0) is 0 Å². The summed E-state index contributed by atoms with van der Waals surface area (Å²) in [7, 11) is 0. The van der Waals surface area contributed by atoms with Crippen LogP contribution in [0.15, 0.2) is 82.6 Å². The number of amides is 2. The molecule has 4 rings (SSSR count). The van der Waals surface area contributed by atoms with Gasteiger partial charge in [-0.2, -0.15) is 0 Å². The Morgan fingerprint density at radius 1 is 0.875 bits per heavy atom. The molecule has 0 unspecified atom stereocenters. The molecule has 0 bridgehead atoms. The third-order valence-corrected chi connectivity index (χ3v) is 5.03. The molecule has 0 spiro atoms. The van der Waals surface area contributed by atoms with Crippen LogP contribution in [0.4, 0.5) is 21.9 Å². The van der Waals surface area contributed by atoms with Gasteiger partial charge in [-0.15, -0.1) is 0 Å². The Labute approximate surface area is 145 Å². The maximum absolute atomic E-state index is 13.0. The highest BCUT2D eigenvalue weighted by Gasteiger charge is 2.27. The smallest absolute Gasteiger partial charge is 0.307 e. The number of urea groups is 1. The Balaban J connectivity index is 1.75. The molecule has 0 aromatic heterocycles. The van der Waals surface area contributed by atoms with Gasteiger partial charge in [-0.1, -0.05) is 48.2 Å². The first-order chi connectivity index (χ1) is 11.7. The minimum absolute atomic E-state index is 0.152. The summed E-state index contributed by atoms with van der Waals surface area (Å²) < 4.78 is 0. The van der Waals surface area contributed by atoms with Crippen LogP contribution >= 0.6 is 11.8 Å². The monoisotopic (exact) mass is 332 g/mol. The van der Waals surface area contributed by atoms with Crippen molar-refractivity contribution in [2.75, 3.05) is 10.2 Å². The van der Waals surface area contributed by atoms with E-state index in [4.69, 9.17) is 0 Å². The van der Waals surface area contributed by atoms with Gasteiger partial charge in [0.25, 0.3) is 0 Å². The van der Waals surface area contributed by atoms with E-state index in [9.17, 15) is 4.79 Å². The lowest BCUT2D eigenvalue weighted by Crippen LogP contribution is -2.32. The van der Waals surface area contributed by atoms with Crippen molar-refractivity contribution in [3.63, 3.8) is 0 Å². The number of benzene rings is 3. The number of nitrogens with one attached hydrogen (secondary N) is 1. The minimum atomic E-state index is -0.152. The highest BCUT2D eigenvalue weighted by Crippen LogP contribution is 2.47. The van der Waals surface area contributed by atoms with E-state index in [2.05, 4.69) is 5.32 Å². The minimum Gasteiger partial charge on any atom is -0.307 e. The number of hydrogen-bond donors (Lipinski definition) is 1. The van der Waals surface area contributed by atoms with Crippen LogP contribution in [0.1, 0.15) is 5.56 Å². The molecule has 0 aliphatic carbocycles. The second-order valence-corrected chi connectivity index (χ2v) is 6.76. The van der Waals surface area contributed by atoms with Crippen molar-refractivity contribution in [1.82, 2.24) is 0 Å². The van der Waals surface area contributed by atoms with E-state index in [-0.39, 0.29) is 6.03 Å². The molecule has 1 heterocycles. The molecule has 0 fully saturated rings. The van der Waals surface area contributed by atoms with Crippen molar-refractivity contribution < 1.29 is 4.79 Å². The Hall–Kier alpha value is -2.72. The summed E-state index contributed by atoms with van der Waals surface area (Å²) in [4.78, 5) is 16.9. The number of hydrogen-bond acceptors (Lipinski definition) is 2. The van der Waals surface area contributed by atoms with Gasteiger partial charge in [0.15, 0.2) is 0 Å². The van der Waals surface area contributed by atoms with Crippen LogP contribution in [0.25, 0.3) is 0 Å². The fraction of sp³-hybridized carbons (Fsp3) is 0.0500. The molecule has 0 atom stereocenters. The molecule has 1 aliphatic heterocycles. The molecule has 3 aromatic rings. The first-order valence-corrected chi connectivity index (χ1v) is 8.58. The third-order valence-electron chi connectivity index (χ3n) is 3.90. The predicted molar refractivity (Wildman–Crippen MR) is 99.3 cm³/mol. The van der Waals surface area contributed by atoms with E-state index in [1.54, 1.807) is 16.7 Å². The van der Waals surface area contributed by atoms with Crippen LogP contribution in [0, 0.1) is 6.92 Å². The summed E-state index contributed by atoms with van der Waals surface area (Å²) in [6.07, 6.45) is 0. The number of nitrogens with zero attached hydrogens (tertiary/aromatic N) is 1. The molecule has 118 valence electrons. The zero-order chi connectivity index (χ0) is 16.5. The average Bonchev–Trinajstić information content (AvgIpc) is 2.59. The fourth-order valence-electron chi connectivity index (χ4n) is 2.83. The van der Waals surface area contributed by atoms with Gasteiger partial charge in [0.1, 0.15) is 0 Å². The maximum Gasteiger partial charge on any atom is 0.331 e. The molecule has 0 radical (unpaired) electrons. The standard InChI is InChI=1S/C20H16N2OS/c1-14-7-6-8-15(13-14)21-20(23)22-16-9-2-4-11-18(16)24-19-12-5-3-10-17(19)22/h2-13H,1H3,(H,21,23). The van der Waals surface area contributed by atoms with Gasteiger partial charge in [0, 0.05) is 15.5 Å². The van der Waals surface area contributed by atoms with Crippen molar-refractivity contribution in [2.24, 2.45) is 0 Å². The number of para-hydroxylation sites is 2. The molecular formula is C20H16N2OS. The number of rotatable bonds is 1. The Bertz CT molecular complexity index is 877. The number of carbonyl (C=O) groups excluding carboxylic acids is 1. The number of carbonyl (C=O) groups is 1. The molecule has 3 nitrogen and oxygen atoms in total. The summed E-state index contributed by atoms with van der Waals surface area (Å²) in [5.41, 5.74) is 3.73. The first-order valence-electron chi connectivity index (χ1n) is 7.76. The molecule has 1 aliphatic rings. The van der Waals surface area contributed by atoms with E-state index in [1.807, 2.05) is 79.7 Å².